The third-order valence-corrected chi connectivity index (χ3v) is 6.50. The average Bonchev–Trinajstić information content (AvgIpc) is 2.81. The summed E-state index contributed by atoms with van der Waals surface area (Å²) in [5, 5.41) is 3.38. The lowest BCUT2D eigenvalue weighted by Gasteiger charge is -2.34. The maximum absolute atomic E-state index is 12.8. The van der Waals surface area contributed by atoms with Crippen LogP contribution in [0.15, 0.2) is 48.5 Å². The Morgan fingerprint density at radius 2 is 1.84 bits per heavy atom. The van der Waals surface area contributed by atoms with Gasteiger partial charge in [0.25, 0.3) is 0 Å². The fourth-order valence-corrected chi connectivity index (χ4v) is 4.79. The van der Waals surface area contributed by atoms with Gasteiger partial charge in [-0.2, -0.15) is 0 Å². The van der Waals surface area contributed by atoms with Crippen LogP contribution in [-0.2, 0) is 9.59 Å². The zero-order valence-corrected chi connectivity index (χ0v) is 19.2. The normalized spacial score (nSPS) is 21.2. The number of amides is 2. The zero-order chi connectivity index (χ0) is 22.5. The Labute approximate surface area is 194 Å². The second kappa shape index (κ2) is 10.3. The van der Waals surface area contributed by atoms with E-state index in [-0.39, 0.29) is 17.9 Å². The number of carbonyl (C=O) groups is 2. The van der Waals surface area contributed by atoms with Gasteiger partial charge < -0.3 is 19.9 Å². The quantitative estimate of drug-likeness (QED) is 0.708. The lowest BCUT2D eigenvalue weighted by molar-refractivity contribution is -0.138. The molecule has 7 heteroatoms. The van der Waals surface area contributed by atoms with Crippen LogP contribution in [0.4, 0.5) is 11.4 Å². The van der Waals surface area contributed by atoms with E-state index in [4.69, 9.17) is 16.3 Å². The molecule has 0 aromatic heterocycles. The number of piperidine rings is 2. The number of halogens is 1. The minimum atomic E-state index is -0.429. The monoisotopic (exact) mass is 455 g/mol. The number of carbonyl (C=O) groups excluding carboxylic acids is 2. The maximum atomic E-state index is 12.8. The van der Waals surface area contributed by atoms with Gasteiger partial charge in [-0.1, -0.05) is 29.8 Å². The van der Waals surface area contributed by atoms with Crippen LogP contribution in [-0.4, -0.2) is 48.5 Å². The third kappa shape index (κ3) is 5.36. The van der Waals surface area contributed by atoms with E-state index in [0.29, 0.717) is 29.4 Å². The van der Waals surface area contributed by atoms with Crippen LogP contribution < -0.4 is 15.0 Å². The third-order valence-electron chi connectivity index (χ3n) is 6.20. The summed E-state index contributed by atoms with van der Waals surface area (Å²) in [6, 6.07) is 15.3. The summed E-state index contributed by atoms with van der Waals surface area (Å²) in [7, 11) is 0. The molecular formula is C25H30ClN3O3. The van der Waals surface area contributed by atoms with Crippen molar-refractivity contribution in [3.05, 3.63) is 53.6 Å². The van der Waals surface area contributed by atoms with Crippen LogP contribution in [0.25, 0.3) is 0 Å². The first-order chi connectivity index (χ1) is 15.5. The van der Waals surface area contributed by atoms with Crippen molar-refractivity contribution in [1.29, 1.82) is 0 Å². The van der Waals surface area contributed by atoms with Gasteiger partial charge in [0.15, 0.2) is 0 Å². The molecule has 2 heterocycles. The first-order valence-corrected chi connectivity index (χ1v) is 11.7. The van der Waals surface area contributed by atoms with Gasteiger partial charge in [-0.25, -0.2) is 0 Å². The number of hydrogen-bond acceptors (Lipinski definition) is 4. The van der Waals surface area contributed by atoms with Crippen molar-refractivity contribution in [1.82, 2.24) is 4.90 Å². The highest BCUT2D eigenvalue weighted by Gasteiger charge is 2.30. The van der Waals surface area contributed by atoms with E-state index in [2.05, 4.69) is 22.3 Å². The Morgan fingerprint density at radius 1 is 1.03 bits per heavy atom. The molecule has 2 fully saturated rings. The van der Waals surface area contributed by atoms with Crippen molar-refractivity contribution in [2.45, 2.75) is 51.2 Å². The van der Waals surface area contributed by atoms with Crippen molar-refractivity contribution in [2.24, 2.45) is 0 Å². The average molecular weight is 456 g/mol. The van der Waals surface area contributed by atoms with Crippen molar-refractivity contribution < 1.29 is 14.3 Å². The first-order valence-electron chi connectivity index (χ1n) is 11.4. The van der Waals surface area contributed by atoms with Gasteiger partial charge in [0, 0.05) is 31.4 Å². The van der Waals surface area contributed by atoms with Crippen molar-refractivity contribution in [3.8, 4) is 5.75 Å². The van der Waals surface area contributed by atoms with E-state index in [0.717, 1.165) is 38.8 Å². The lowest BCUT2D eigenvalue weighted by atomic mass is 10.0. The minimum absolute atomic E-state index is 0.0493. The first kappa shape index (κ1) is 22.5. The van der Waals surface area contributed by atoms with E-state index in [1.807, 2.05) is 24.3 Å². The van der Waals surface area contributed by atoms with E-state index >= 15 is 0 Å². The van der Waals surface area contributed by atoms with Gasteiger partial charge in [-0.15, -0.1) is 0 Å². The summed E-state index contributed by atoms with van der Waals surface area (Å²) >= 11 is 6.50. The summed E-state index contributed by atoms with van der Waals surface area (Å²) in [4.78, 5) is 28.6. The van der Waals surface area contributed by atoms with Crippen LogP contribution in [0.2, 0.25) is 5.02 Å². The summed E-state index contributed by atoms with van der Waals surface area (Å²) < 4.78 is 6.22. The lowest BCUT2D eigenvalue weighted by Crippen LogP contribution is -2.49. The van der Waals surface area contributed by atoms with Crippen LogP contribution in [0.1, 0.15) is 39.0 Å². The zero-order valence-electron chi connectivity index (χ0n) is 18.4. The second-order valence-corrected chi connectivity index (χ2v) is 8.93. The summed E-state index contributed by atoms with van der Waals surface area (Å²) in [6.07, 6.45) is 4.63. The molecule has 4 rings (SSSR count). The standard InChI is InChI=1S/C25H30ClN3O3/c1-18(30)29-15-6-5-11-23(29)25(31)27-19-12-13-24(22(26)16-19)32-21-10-7-14-28(17-21)20-8-3-2-4-9-20/h2-4,8-9,12-13,16,21,23H,5-7,10-11,14-15,17H2,1H3,(H,27,31). The minimum Gasteiger partial charge on any atom is -0.487 e. The van der Waals surface area contributed by atoms with Gasteiger partial charge in [-0.05, 0) is 62.4 Å². The molecule has 2 aromatic rings. The largest absolute Gasteiger partial charge is 0.487 e. The van der Waals surface area contributed by atoms with E-state index < -0.39 is 6.04 Å². The molecule has 2 saturated heterocycles. The number of hydrogen-bond donors (Lipinski definition) is 1. The summed E-state index contributed by atoms with van der Waals surface area (Å²) in [5.74, 6) is 0.381. The number of rotatable bonds is 5. The Bertz CT molecular complexity index is 953. The molecule has 2 amide bonds. The van der Waals surface area contributed by atoms with E-state index in [1.54, 1.807) is 17.0 Å². The number of likely N-dealkylation sites (tertiary alicyclic amines) is 1. The fourth-order valence-electron chi connectivity index (χ4n) is 4.57. The van der Waals surface area contributed by atoms with Gasteiger partial charge in [0.2, 0.25) is 11.8 Å². The molecule has 6 nitrogen and oxygen atoms in total. The molecule has 0 spiro atoms. The number of ether oxygens (including phenoxy) is 1. The van der Waals surface area contributed by atoms with Crippen molar-refractivity contribution in [3.63, 3.8) is 0 Å². The van der Waals surface area contributed by atoms with Gasteiger partial charge in [0.05, 0.1) is 11.6 Å². The Hall–Kier alpha value is -2.73. The summed E-state index contributed by atoms with van der Waals surface area (Å²) in [6.45, 7) is 3.96. The topological polar surface area (TPSA) is 61.9 Å². The highest BCUT2D eigenvalue weighted by molar-refractivity contribution is 6.32. The van der Waals surface area contributed by atoms with Crippen LogP contribution in [0.5, 0.6) is 5.75 Å². The summed E-state index contributed by atoms with van der Waals surface area (Å²) in [5.41, 5.74) is 1.81. The number of anilines is 2. The molecule has 2 aliphatic rings. The van der Waals surface area contributed by atoms with Gasteiger partial charge in [-0.3, -0.25) is 9.59 Å². The van der Waals surface area contributed by atoms with E-state index in [9.17, 15) is 9.59 Å². The predicted molar refractivity (Wildman–Crippen MR) is 127 cm³/mol. The molecule has 32 heavy (non-hydrogen) atoms. The number of nitrogens with one attached hydrogen (secondary N) is 1. The predicted octanol–water partition coefficient (Wildman–Crippen LogP) is 4.73. The van der Waals surface area contributed by atoms with Crippen molar-refractivity contribution in [2.75, 3.05) is 29.9 Å². The van der Waals surface area contributed by atoms with Crippen LogP contribution >= 0.6 is 11.6 Å². The highest BCUT2D eigenvalue weighted by Crippen LogP contribution is 2.31. The van der Waals surface area contributed by atoms with Gasteiger partial charge in [0.1, 0.15) is 17.9 Å². The molecule has 1 N–H and O–H groups in total. The number of para-hydroxylation sites is 1. The fraction of sp³-hybridized carbons (Fsp3) is 0.440. The van der Waals surface area contributed by atoms with Crippen LogP contribution in [0.3, 0.4) is 0 Å². The number of benzene rings is 2. The molecule has 2 aromatic carbocycles. The molecule has 2 atom stereocenters. The molecule has 2 unspecified atom stereocenters. The molecule has 170 valence electrons. The number of nitrogens with zero attached hydrogens (tertiary/aromatic N) is 2. The van der Waals surface area contributed by atoms with E-state index in [1.165, 1.54) is 12.6 Å². The maximum Gasteiger partial charge on any atom is 0.247 e. The smallest absolute Gasteiger partial charge is 0.247 e. The molecule has 0 saturated carbocycles. The molecular weight excluding hydrogens is 426 g/mol. The molecule has 0 bridgehead atoms. The van der Waals surface area contributed by atoms with Crippen molar-refractivity contribution >= 4 is 34.8 Å². The SMILES string of the molecule is CC(=O)N1CCCCC1C(=O)Nc1ccc(OC2CCCN(c3ccccc3)C2)c(Cl)c1. The highest BCUT2D eigenvalue weighted by atomic mass is 35.5. The molecule has 0 aliphatic carbocycles. The second-order valence-electron chi connectivity index (χ2n) is 8.52. The Morgan fingerprint density at radius 3 is 2.59 bits per heavy atom. The Balaban J connectivity index is 1.38. The van der Waals surface area contributed by atoms with Gasteiger partial charge >= 0.3 is 0 Å². The molecule has 0 radical (unpaired) electrons. The Kier molecular flexibility index (Phi) is 7.20. The molecule has 2 aliphatic heterocycles. The van der Waals surface area contributed by atoms with Crippen LogP contribution in [0, 0.1) is 0 Å².